The van der Waals surface area contributed by atoms with Crippen LogP contribution < -0.4 is 14.8 Å². The summed E-state index contributed by atoms with van der Waals surface area (Å²) in [6, 6.07) is 13.1. The molecule has 4 rings (SSSR count). The lowest BCUT2D eigenvalue weighted by Crippen LogP contribution is -2.14. The third-order valence-corrected chi connectivity index (χ3v) is 5.47. The van der Waals surface area contributed by atoms with Crippen molar-refractivity contribution >= 4 is 39.3 Å². The van der Waals surface area contributed by atoms with Gasteiger partial charge in [0.05, 0.1) is 5.75 Å². The maximum Gasteiger partial charge on any atom is 0.234 e. The fraction of sp³-hybridized carbons (Fsp3) is 0.167. The van der Waals surface area contributed by atoms with Crippen LogP contribution in [0.4, 0.5) is 5.69 Å². The van der Waals surface area contributed by atoms with Gasteiger partial charge >= 0.3 is 0 Å². The highest BCUT2D eigenvalue weighted by Gasteiger charge is 2.16. The zero-order valence-electron chi connectivity index (χ0n) is 14.3. The summed E-state index contributed by atoms with van der Waals surface area (Å²) in [5.74, 6) is 2.16. The van der Waals surface area contributed by atoms with Crippen molar-refractivity contribution in [1.82, 2.24) is 14.8 Å². The SMILES string of the molecule is Cn1c(SCC(=O)Nc2ccc3c(c2)OCO3)nnc1-c1ccc(Br)cc1. The first-order valence-corrected chi connectivity index (χ1v) is 9.85. The zero-order valence-corrected chi connectivity index (χ0v) is 16.7. The summed E-state index contributed by atoms with van der Waals surface area (Å²) in [5, 5.41) is 11.9. The first-order valence-electron chi connectivity index (χ1n) is 8.08. The van der Waals surface area contributed by atoms with E-state index in [1.807, 2.05) is 35.9 Å². The standard InChI is InChI=1S/C18H15BrN4O3S/c1-23-17(11-2-4-12(19)5-3-11)21-22-18(23)27-9-16(24)20-13-6-7-14-15(8-13)26-10-25-14/h2-8H,9-10H2,1H3,(H,20,24). The highest BCUT2D eigenvalue weighted by Crippen LogP contribution is 2.34. The Kier molecular flexibility index (Phi) is 5.04. The molecule has 0 fully saturated rings. The summed E-state index contributed by atoms with van der Waals surface area (Å²) in [4.78, 5) is 12.2. The maximum atomic E-state index is 12.2. The summed E-state index contributed by atoms with van der Waals surface area (Å²) >= 11 is 4.75. The summed E-state index contributed by atoms with van der Waals surface area (Å²) < 4.78 is 13.5. The predicted molar refractivity (Wildman–Crippen MR) is 106 cm³/mol. The maximum absolute atomic E-state index is 12.2. The molecule has 1 N–H and O–H groups in total. The Morgan fingerprint density at radius 1 is 1.19 bits per heavy atom. The van der Waals surface area contributed by atoms with Gasteiger partial charge in [0, 0.05) is 28.8 Å². The van der Waals surface area contributed by atoms with Crippen molar-refractivity contribution < 1.29 is 14.3 Å². The van der Waals surface area contributed by atoms with Crippen molar-refractivity contribution in [3.8, 4) is 22.9 Å². The van der Waals surface area contributed by atoms with Crippen LogP contribution in [0.2, 0.25) is 0 Å². The number of aromatic nitrogens is 3. The van der Waals surface area contributed by atoms with E-state index in [0.29, 0.717) is 22.3 Å². The number of hydrogen-bond acceptors (Lipinski definition) is 6. The van der Waals surface area contributed by atoms with E-state index < -0.39 is 0 Å². The number of carbonyl (C=O) groups excluding carboxylic acids is 1. The topological polar surface area (TPSA) is 78.3 Å². The van der Waals surface area contributed by atoms with E-state index in [4.69, 9.17) is 9.47 Å². The molecule has 0 saturated heterocycles. The third kappa shape index (κ3) is 3.93. The van der Waals surface area contributed by atoms with Crippen LogP contribution in [0.1, 0.15) is 0 Å². The predicted octanol–water partition coefficient (Wildman–Crippen LogP) is 3.70. The molecule has 9 heteroatoms. The second-order valence-corrected chi connectivity index (χ2v) is 7.64. The number of hydrogen-bond donors (Lipinski definition) is 1. The molecular weight excluding hydrogens is 432 g/mol. The van der Waals surface area contributed by atoms with Crippen molar-refractivity contribution in [2.45, 2.75) is 5.16 Å². The fourth-order valence-electron chi connectivity index (χ4n) is 2.59. The van der Waals surface area contributed by atoms with Crippen LogP contribution in [-0.4, -0.2) is 33.2 Å². The number of ether oxygens (including phenoxy) is 2. The van der Waals surface area contributed by atoms with Crippen molar-refractivity contribution in [2.24, 2.45) is 7.05 Å². The minimum Gasteiger partial charge on any atom is -0.454 e. The molecule has 27 heavy (non-hydrogen) atoms. The summed E-state index contributed by atoms with van der Waals surface area (Å²) in [6.07, 6.45) is 0. The molecule has 0 unspecified atom stereocenters. The van der Waals surface area contributed by atoms with Gasteiger partial charge in [0.1, 0.15) is 0 Å². The molecule has 0 atom stereocenters. The van der Waals surface area contributed by atoms with Gasteiger partial charge in [-0.3, -0.25) is 4.79 Å². The van der Waals surface area contributed by atoms with Gasteiger partial charge in [-0.15, -0.1) is 10.2 Å². The van der Waals surface area contributed by atoms with Crippen LogP contribution in [0.3, 0.4) is 0 Å². The van der Waals surface area contributed by atoms with Crippen molar-refractivity contribution in [3.63, 3.8) is 0 Å². The molecule has 0 aliphatic carbocycles. The molecule has 0 bridgehead atoms. The van der Waals surface area contributed by atoms with E-state index in [9.17, 15) is 4.79 Å². The molecular formula is C18H15BrN4O3S. The number of thioether (sulfide) groups is 1. The van der Waals surface area contributed by atoms with Gasteiger partial charge < -0.3 is 19.4 Å². The monoisotopic (exact) mass is 446 g/mol. The Labute approximate surface area is 168 Å². The largest absolute Gasteiger partial charge is 0.454 e. The minimum absolute atomic E-state index is 0.132. The summed E-state index contributed by atoms with van der Waals surface area (Å²) in [5.41, 5.74) is 1.63. The number of rotatable bonds is 5. The minimum atomic E-state index is -0.132. The number of carbonyl (C=O) groups is 1. The molecule has 138 valence electrons. The van der Waals surface area contributed by atoms with Gasteiger partial charge in [0.15, 0.2) is 22.5 Å². The molecule has 1 aromatic heterocycles. The van der Waals surface area contributed by atoms with E-state index in [1.54, 1.807) is 18.2 Å². The number of nitrogens with one attached hydrogen (secondary N) is 1. The molecule has 2 aromatic carbocycles. The van der Waals surface area contributed by atoms with Crippen molar-refractivity contribution in [1.29, 1.82) is 0 Å². The van der Waals surface area contributed by atoms with E-state index in [0.717, 1.165) is 15.9 Å². The second kappa shape index (κ2) is 7.61. The van der Waals surface area contributed by atoms with Crippen molar-refractivity contribution in [3.05, 3.63) is 46.9 Å². The molecule has 1 amide bonds. The molecule has 0 saturated carbocycles. The Bertz CT molecular complexity index is 991. The average molecular weight is 447 g/mol. The van der Waals surface area contributed by atoms with Crippen LogP contribution in [0, 0.1) is 0 Å². The normalized spacial score (nSPS) is 12.2. The van der Waals surface area contributed by atoms with Crippen molar-refractivity contribution in [2.75, 3.05) is 17.9 Å². The lowest BCUT2D eigenvalue weighted by Gasteiger charge is -2.06. The molecule has 7 nitrogen and oxygen atoms in total. The number of amides is 1. The van der Waals surface area contributed by atoms with Gasteiger partial charge in [-0.05, 0) is 24.3 Å². The van der Waals surface area contributed by atoms with Crippen LogP contribution in [0.25, 0.3) is 11.4 Å². The molecule has 3 aromatic rings. The number of anilines is 1. The number of nitrogens with zero attached hydrogens (tertiary/aromatic N) is 3. The fourth-order valence-corrected chi connectivity index (χ4v) is 3.57. The molecule has 0 radical (unpaired) electrons. The molecule has 1 aliphatic rings. The molecule has 1 aliphatic heterocycles. The summed E-state index contributed by atoms with van der Waals surface area (Å²) in [7, 11) is 1.88. The Balaban J connectivity index is 1.38. The van der Waals surface area contributed by atoms with E-state index in [-0.39, 0.29) is 18.5 Å². The Hall–Kier alpha value is -2.52. The Morgan fingerprint density at radius 2 is 1.96 bits per heavy atom. The second-order valence-electron chi connectivity index (χ2n) is 5.78. The van der Waals surface area contributed by atoms with Crippen LogP contribution in [0.5, 0.6) is 11.5 Å². The van der Waals surface area contributed by atoms with Gasteiger partial charge in [-0.2, -0.15) is 0 Å². The summed E-state index contributed by atoms with van der Waals surface area (Å²) in [6.45, 7) is 0.204. The number of halogens is 1. The van der Waals surface area contributed by atoms with Gasteiger partial charge in [0.2, 0.25) is 12.7 Å². The highest BCUT2D eigenvalue weighted by molar-refractivity contribution is 9.10. The number of fused-ring (bicyclic) bond motifs is 1. The first kappa shape index (κ1) is 17.9. The first-order chi connectivity index (χ1) is 13.1. The zero-order chi connectivity index (χ0) is 18.8. The van der Waals surface area contributed by atoms with E-state index in [1.165, 1.54) is 11.8 Å². The highest BCUT2D eigenvalue weighted by atomic mass is 79.9. The smallest absolute Gasteiger partial charge is 0.234 e. The molecule has 2 heterocycles. The van der Waals surface area contributed by atoms with Crippen LogP contribution in [0.15, 0.2) is 52.1 Å². The Morgan fingerprint density at radius 3 is 2.78 bits per heavy atom. The lowest BCUT2D eigenvalue weighted by atomic mass is 10.2. The van der Waals surface area contributed by atoms with Gasteiger partial charge in [0.25, 0.3) is 0 Å². The quantitative estimate of drug-likeness (QED) is 0.601. The van der Waals surface area contributed by atoms with E-state index >= 15 is 0 Å². The number of benzene rings is 2. The lowest BCUT2D eigenvalue weighted by molar-refractivity contribution is -0.113. The van der Waals surface area contributed by atoms with Gasteiger partial charge in [-0.25, -0.2) is 0 Å². The van der Waals surface area contributed by atoms with Gasteiger partial charge in [-0.1, -0.05) is 39.8 Å². The third-order valence-electron chi connectivity index (χ3n) is 3.93. The van der Waals surface area contributed by atoms with E-state index in [2.05, 4.69) is 31.4 Å². The van der Waals surface area contributed by atoms with Crippen LogP contribution >= 0.6 is 27.7 Å². The van der Waals surface area contributed by atoms with Crippen LogP contribution in [-0.2, 0) is 11.8 Å². The molecule has 0 spiro atoms. The average Bonchev–Trinajstić information content (AvgIpc) is 3.27.